The van der Waals surface area contributed by atoms with Gasteiger partial charge in [0.25, 0.3) is 0 Å². The van der Waals surface area contributed by atoms with E-state index in [0.29, 0.717) is 6.61 Å². The van der Waals surface area contributed by atoms with Gasteiger partial charge in [-0.05, 0) is 54.3 Å². The van der Waals surface area contributed by atoms with E-state index in [0.717, 1.165) is 29.6 Å². The zero-order valence-corrected chi connectivity index (χ0v) is 15.3. The quantitative estimate of drug-likeness (QED) is 0.681. The lowest BCUT2D eigenvalue weighted by atomic mass is 9.88. The number of hydrogen-bond acceptors (Lipinski definition) is 2. The van der Waals surface area contributed by atoms with Gasteiger partial charge in [0, 0.05) is 0 Å². The Morgan fingerprint density at radius 3 is 2.50 bits per heavy atom. The number of benzene rings is 2. The number of nitrogens with zero attached hydrogens (tertiary/aromatic N) is 1. The Bertz CT molecular complexity index is 1050. The van der Waals surface area contributed by atoms with E-state index in [1.54, 1.807) is 0 Å². The summed E-state index contributed by atoms with van der Waals surface area (Å²) in [5, 5.41) is 2.32. The van der Waals surface area contributed by atoms with Gasteiger partial charge < -0.3 is 4.74 Å². The summed E-state index contributed by atoms with van der Waals surface area (Å²) in [6.07, 6.45) is 6.64. The van der Waals surface area contributed by atoms with Crippen LogP contribution in [0, 0.1) is 6.92 Å². The molecule has 1 aromatic heterocycles. The fourth-order valence-corrected chi connectivity index (χ4v) is 3.23. The maximum Gasteiger partial charge on any atom is 0.139 e. The van der Waals surface area contributed by atoms with Crippen molar-refractivity contribution in [2.75, 3.05) is 0 Å². The number of aromatic nitrogens is 1. The van der Waals surface area contributed by atoms with Crippen LogP contribution < -0.4 is 20.8 Å². The van der Waals surface area contributed by atoms with Crippen molar-refractivity contribution in [1.82, 2.24) is 4.98 Å². The molecule has 1 aliphatic rings. The first-order chi connectivity index (χ1) is 12.7. The predicted molar refractivity (Wildman–Crippen MR) is 111 cm³/mol. The van der Waals surface area contributed by atoms with Crippen molar-refractivity contribution in [3.8, 4) is 16.9 Å². The number of aryl methyl sites for hydroxylation is 1. The summed E-state index contributed by atoms with van der Waals surface area (Å²) in [7, 11) is 2.15. The molecule has 0 radical (unpaired) electrons. The molecule has 0 saturated heterocycles. The van der Waals surface area contributed by atoms with Crippen molar-refractivity contribution in [2.45, 2.75) is 26.4 Å². The molecule has 4 rings (SSSR count). The van der Waals surface area contributed by atoms with E-state index in [4.69, 9.17) is 9.72 Å². The molecular formula is C23H22BNO. The van der Waals surface area contributed by atoms with Crippen LogP contribution in [0.5, 0.6) is 5.75 Å². The second kappa shape index (κ2) is 7.21. The van der Waals surface area contributed by atoms with Crippen LogP contribution >= 0.6 is 0 Å². The van der Waals surface area contributed by atoms with Crippen LogP contribution in [-0.4, -0.2) is 12.8 Å². The topological polar surface area (TPSA) is 22.1 Å². The Balaban J connectivity index is 1.47. The smallest absolute Gasteiger partial charge is 0.139 e. The molecule has 0 amide bonds. The largest absolute Gasteiger partial charge is 0.487 e. The Labute approximate surface area is 155 Å². The molecule has 26 heavy (non-hydrogen) atoms. The summed E-state index contributed by atoms with van der Waals surface area (Å²) in [6.45, 7) is 2.63. The molecular weight excluding hydrogens is 317 g/mol. The summed E-state index contributed by atoms with van der Waals surface area (Å²) in [5.74, 6) is 0.868. The molecule has 0 bridgehead atoms. The van der Waals surface area contributed by atoms with E-state index in [-0.39, 0.29) is 0 Å². The summed E-state index contributed by atoms with van der Waals surface area (Å²) in [4.78, 5) is 4.70. The Morgan fingerprint density at radius 1 is 0.923 bits per heavy atom. The minimum Gasteiger partial charge on any atom is -0.487 e. The van der Waals surface area contributed by atoms with E-state index in [1.807, 2.05) is 12.1 Å². The van der Waals surface area contributed by atoms with Gasteiger partial charge in [-0.2, -0.15) is 0 Å². The third kappa shape index (κ3) is 3.57. The molecule has 0 atom stereocenters. The molecule has 1 aliphatic carbocycles. The summed E-state index contributed by atoms with van der Waals surface area (Å²) in [5.41, 5.74) is 6.05. The number of rotatable bonds is 4. The van der Waals surface area contributed by atoms with Crippen LogP contribution in [0.15, 0.2) is 54.6 Å². The van der Waals surface area contributed by atoms with Gasteiger partial charge in [0.15, 0.2) is 0 Å². The van der Waals surface area contributed by atoms with Crippen molar-refractivity contribution in [3.05, 3.63) is 76.4 Å². The van der Waals surface area contributed by atoms with Crippen molar-refractivity contribution >= 4 is 25.5 Å². The fourth-order valence-electron chi connectivity index (χ4n) is 3.23. The molecule has 3 aromatic rings. The van der Waals surface area contributed by atoms with Crippen molar-refractivity contribution in [3.63, 3.8) is 0 Å². The molecule has 0 saturated carbocycles. The molecule has 128 valence electrons. The highest BCUT2D eigenvalue weighted by atomic mass is 16.5. The first kappa shape index (κ1) is 16.7. The van der Waals surface area contributed by atoms with Gasteiger partial charge in [-0.15, -0.1) is 0 Å². The highest BCUT2D eigenvalue weighted by molar-refractivity contribution is 6.33. The second-order valence-electron chi connectivity index (χ2n) is 6.87. The normalized spacial score (nSPS) is 12.7. The van der Waals surface area contributed by atoms with Crippen LogP contribution in [0.3, 0.4) is 0 Å². The predicted octanol–water partition coefficient (Wildman–Crippen LogP) is 2.25. The van der Waals surface area contributed by atoms with Crippen LogP contribution in [0.25, 0.3) is 23.3 Å². The molecule has 1 heterocycles. The van der Waals surface area contributed by atoms with Gasteiger partial charge in [0.05, 0.1) is 11.0 Å². The third-order valence-corrected chi connectivity index (χ3v) is 4.96. The van der Waals surface area contributed by atoms with E-state index in [9.17, 15) is 0 Å². The first-order valence-corrected chi connectivity index (χ1v) is 9.16. The highest BCUT2D eigenvalue weighted by Crippen LogP contribution is 2.22. The van der Waals surface area contributed by atoms with Gasteiger partial charge in [-0.1, -0.05) is 59.6 Å². The van der Waals surface area contributed by atoms with E-state index >= 15 is 0 Å². The zero-order chi connectivity index (χ0) is 17.9. The van der Waals surface area contributed by atoms with Crippen LogP contribution in [-0.2, 0) is 6.61 Å². The second-order valence-corrected chi connectivity index (χ2v) is 6.87. The summed E-state index contributed by atoms with van der Waals surface area (Å²) >= 11 is 0. The number of fused-ring (bicyclic) bond motifs is 1. The van der Waals surface area contributed by atoms with Crippen molar-refractivity contribution in [2.24, 2.45) is 0 Å². The number of pyridine rings is 1. The van der Waals surface area contributed by atoms with Gasteiger partial charge in [0.1, 0.15) is 20.2 Å². The third-order valence-electron chi connectivity index (χ3n) is 4.96. The molecule has 0 unspecified atom stereocenters. The lowest BCUT2D eigenvalue weighted by molar-refractivity contribution is 0.301. The number of hydrogen-bond donors (Lipinski definition) is 0. The lowest BCUT2D eigenvalue weighted by Crippen LogP contribution is -2.30. The maximum absolute atomic E-state index is 5.93. The molecule has 3 heteroatoms. The minimum atomic E-state index is 0.490. The van der Waals surface area contributed by atoms with E-state index < -0.39 is 0 Å². The minimum absolute atomic E-state index is 0.490. The standard InChI is InChI=1S/C23H22BNO/c1-16-6-7-19(14-22(16)24)17-9-12-21(13-10-17)26-15-20-11-8-18-4-2-3-5-23(18)25-20/h4-14H,2-3,15,24H2,1H3. The van der Waals surface area contributed by atoms with E-state index in [1.165, 1.54) is 27.4 Å². The Morgan fingerprint density at radius 2 is 1.69 bits per heavy atom. The molecule has 2 nitrogen and oxygen atoms in total. The van der Waals surface area contributed by atoms with Gasteiger partial charge in [-0.25, -0.2) is 4.98 Å². The molecule has 2 aromatic carbocycles. The van der Waals surface area contributed by atoms with Crippen LogP contribution in [0.2, 0.25) is 0 Å². The zero-order valence-electron chi connectivity index (χ0n) is 15.3. The van der Waals surface area contributed by atoms with Crippen LogP contribution in [0.4, 0.5) is 0 Å². The van der Waals surface area contributed by atoms with Gasteiger partial charge in [0.2, 0.25) is 0 Å². The van der Waals surface area contributed by atoms with Crippen molar-refractivity contribution < 1.29 is 4.74 Å². The van der Waals surface area contributed by atoms with Gasteiger partial charge in [-0.3, -0.25) is 0 Å². The molecule has 0 N–H and O–H groups in total. The van der Waals surface area contributed by atoms with Gasteiger partial charge >= 0.3 is 0 Å². The van der Waals surface area contributed by atoms with E-state index in [2.05, 4.69) is 69.4 Å². The number of ether oxygens (including phenoxy) is 1. The first-order valence-electron chi connectivity index (χ1n) is 9.16. The maximum atomic E-state index is 5.93. The molecule has 0 fully saturated rings. The SMILES string of the molecule is Bc1cc(-c2ccc(OCc3ccc4c(n3)=CCCC=4)cc2)ccc1C. The Kier molecular flexibility index (Phi) is 4.62. The molecule has 0 spiro atoms. The summed E-state index contributed by atoms with van der Waals surface area (Å²) in [6, 6.07) is 19.1. The van der Waals surface area contributed by atoms with Crippen LogP contribution in [0.1, 0.15) is 24.1 Å². The average molecular weight is 339 g/mol. The fraction of sp³-hybridized carbons (Fsp3) is 0.174. The Hall–Kier alpha value is -2.81. The lowest BCUT2D eigenvalue weighted by Gasteiger charge is -2.09. The molecule has 0 aliphatic heterocycles. The monoisotopic (exact) mass is 339 g/mol. The summed E-state index contributed by atoms with van der Waals surface area (Å²) < 4.78 is 5.93. The van der Waals surface area contributed by atoms with Crippen molar-refractivity contribution in [1.29, 1.82) is 0 Å². The average Bonchev–Trinajstić information content (AvgIpc) is 2.69. The highest BCUT2D eigenvalue weighted by Gasteiger charge is 2.03.